The fourth-order valence-corrected chi connectivity index (χ4v) is 0.387. The van der Waals surface area contributed by atoms with Gasteiger partial charge >= 0.3 is 0 Å². The minimum Gasteiger partial charge on any atom is -0.394 e. The molecule has 2 atom stereocenters. The Morgan fingerprint density at radius 3 is 2.11 bits per heavy atom. The van der Waals surface area contributed by atoms with Gasteiger partial charge in [-0.15, -0.1) is 0 Å². The lowest BCUT2D eigenvalue weighted by molar-refractivity contribution is -0.0181. The normalized spacial score (nSPS) is 17.3. The molecular weight excluding hydrogens is 124 g/mol. The Balaban J connectivity index is 3.32. The van der Waals surface area contributed by atoms with Gasteiger partial charge in [-0.05, 0) is 0 Å². The van der Waals surface area contributed by atoms with Crippen molar-refractivity contribution in [1.82, 2.24) is 0 Å². The molecule has 9 heavy (non-hydrogen) atoms. The molecule has 0 aliphatic heterocycles. The third kappa shape index (κ3) is 3.42. The lowest BCUT2D eigenvalue weighted by Crippen LogP contribution is -2.29. The molecule has 0 unspecified atom stereocenters. The summed E-state index contributed by atoms with van der Waals surface area (Å²) in [7, 11) is 0. The summed E-state index contributed by atoms with van der Waals surface area (Å²) in [6.45, 7) is 0.249. The van der Waals surface area contributed by atoms with Crippen molar-refractivity contribution in [2.24, 2.45) is 0 Å². The van der Waals surface area contributed by atoms with Crippen molar-refractivity contribution in [2.75, 3.05) is 6.61 Å². The van der Waals surface area contributed by atoms with Gasteiger partial charge in [-0.1, -0.05) is 0 Å². The molecule has 4 nitrogen and oxygen atoms in total. The first kappa shape index (κ1) is 8.84. The number of aliphatic hydroxyl groups excluding tert-OH is 4. The van der Waals surface area contributed by atoms with E-state index in [2.05, 4.69) is 0 Å². The van der Waals surface area contributed by atoms with Crippen molar-refractivity contribution in [2.45, 2.75) is 18.6 Å². The molecule has 0 saturated carbocycles. The van der Waals surface area contributed by atoms with Crippen LogP contribution >= 0.6 is 0 Å². The highest BCUT2D eigenvalue weighted by molar-refractivity contribution is 4.68. The van der Waals surface area contributed by atoms with Crippen LogP contribution in [0.15, 0.2) is 0 Å². The first-order valence-corrected chi connectivity index (χ1v) is 2.65. The van der Waals surface area contributed by atoms with Gasteiger partial charge < -0.3 is 20.4 Å². The van der Waals surface area contributed by atoms with Gasteiger partial charge in [0.15, 0.2) is 0 Å². The molecule has 0 aliphatic rings. The summed E-state index contributed by atoms with van der Waals surface area (Å²) in [5.41, 5.74) is 0. The highest BCUT2D eigenvalue weighted by Gasteiger charge is 2.13. The monoisotopic (exact) mass is 135 g/mol. The van der Waals surface area contributed by atoms with Crippen LogP contribution in [0.2, 0.25) is 0 Å². The molecule has 0 spiro atoms. The Morgan fingerprint density at radius 2 is 1.78 bits per heavy atom. The smallest absolute Gasteiger partial charge is 0.103 e. The first-order chi connectivity index (χ1) is 4.22. The molecule has 0 bridgehead atoms. The van der Waals surface area contributed by atoms with Crippen LogP contribution in [-0.2, 0) is 0 Å². The van der Waals surface area contributed by atoms with E-state index in [4.69, 9.17) is 20.4 Å². The molecule has 0 aliphatic carbocycles. The van der Waals surface area contributed by atoms with E-state index in [-0.39, 0.29) is 6.42 Å². The van der Waals surface area contributed by atoms with Gasteiger partial charge in [0.25, 0.3) is 0 Å². The average Bonchev–Trinajstić information content (AvgIpc) is 1.87. The van der Waals surface area contributed by atoms with Gasteiger partial charge in [0.2, 0.25) is 0 Å². The topological polar surface area (TPSA) is 80.9 Å². The lowest BCUT2D eigenvalue weighted by atomic mass is 10.1. The van der Waals surface area contributed by atoms with E-state index in [1.54, 1.807) is 0 Å². The molecule has 0 aromatic heterocycles. The molecular formula is C5H11O4. The standard InChI is InChI=1S/C5H11O4/c6-2-1-4(8)5(9)3-7/h2,4-9H,1,3H2/t4-,5+/m0/s1. The minimum absolute atomic E-state index is 0.0261. The van der Waals surface area contributed by atoms with E-state index >= 15 is 0 Å². The van der Waals surface area contributed by atoms with E-state index in [1.807, 2.05) is 0 Å². The van der Waals surface area contributed by atoms with Crippen LogP contribution in [0, 0.1) is 6.61 Å². The van der Waals surface area contributed by atoms with Crippen molar-refractivity contribution in [1.29, 1.82) is 0 Å². The van der Waals surface area contributed by atoms with Crippen LogP contribution in [0.3, 0.4) is 0 Å². The number of rotatable bonds is 4. The molecule has 1 radical (unpaired) electrons. The summed E-state index contributed by atoms with van der Waals surface area (Å²) in [6, 6.07) is 0. The van der Waals surface area contributed by atoms with Crippen LogP contribution in [-0.4, -0.2) is 39.2 Å². The van der Waals surface area contributed by atoms with E-state index in [0.717, 1.165) is 6.61 Å². The maximum atomic E-state index is 8.72. The third-order valence-corrected chi connectivity index (χ3v) is 0.978. The van der Waals surface area contributed by atoms with Crippen molar-refractivity contribution < 1.29 is 20.4 Å². The molecule has 0 aromatic rings. The van der Waals surface area contributed by atoms with E-state index < -0.39 is 18.8 Å². The molecule has 0 amide bonds. The predicted octanol–water partition coefficient (Wildman–Crippen LogP) is -1.38. The van der Waals surface area contributed by atoms with Gasteiger partial charge in [0.05, 0.1) is 19.3 Å². The van der Waals surface area contributed by atoms with Crippen LogP contribution in [0.1, 0.15) is 6.42 Å². The Hall–Kier alpha value is -0.160. The number of hydrogen-bond acceptors (Lipinski definition) is 4. The zero-order valence-corrected chi connectivity index (χ0v) is 4.94. The van der Waals surface area contributed by atoms with Crippen LogP contribution < -0.4 is 0 Å². The second kappa shape index (κ2) is 4.69. The summed E-state index contributed by atoms with van der Waals surface area (Å²) in [6.07, 6.45) is -2.25. The maximum Gasteiger partial charge on any atom is 0.103 e. The van der Waals surface area contributed by atoms with E-state index in [1.165, 1.54) is 0 Å². The fraction of sp³-hybridized carbons (Fsp3) is 0.800. The van der Waals surface area contributed by atoms with Crippen LogP contribution in [0.25, 0.3) is 0 Å². The summed E-state index contributed by atoms with van der Waals surface area (Å²) < 4.78 is 0. The van der Waals surface area contributed by atoms with Crippen LogP contribution in [0.4, 0.5) is 0 Å². The van der Waals surface area contributed by atoms with Crippen molar-refractivity contribution in [3.8, 4) is 0 Å². The zero-order valence-electron chi connectivity index (χ0n) is 4.94. The molecule has 55 valence electrons. The number of aliphatic hydroxyl groups is 4. The van der Waals surface area contributed by atoms with Crippen molar-refractivity contribution in [3.05, 3.63) is 6.61 Å². The highest BCUT2D eigenvalue weighted by atomic mass is 16.4. The molecule has 0 heterocycles. The molecule has 0 fully saturated rings. The largest absolute Gasteiger partial charge is 0.394 e. The third-order valence-electron chi connectivity index (χ3n) is 0.978. The quantitative estimate of drug-likeness (QED) is 0.383. The molecule has 0 saturated heterocycles. The van der Waals surface area contributed by atoms with E-state index in [9.17, 15) is 0 Å². The molecule has 4 heteroatoms. The number of hydrogen-bond donors (Lipinski definition) is 4. The molecule has 4 N–H and O–H groups in total. The second-order valence-corrected chi connectivity index (χ2v) is 1.74. The van der Waals surface area contributed by atoms with E-state index in [0.29, 0.717) is 0 Å². The Bertz CT molecular complexity index is 66.0. The Morgan fingerprint density at radius 1 is 1.22 bits per heavy atom. The van der Waals surface area contributed by atoms with Gasteiger partial charge in [-0.2, -0.15) is 0 Å². The van der Waals surface area contributed by atoms with Crippen molar-refractivity contribution in [3.63, 3.8) is 0 Å². The summed E-state index contributed by atoms with van der Waals surface area (Å²) in [5, 5.41) is 33.7. The first-order valence-electron chi connectivity index (χ1n) is 2.65. The molecule has 0 rings (SSSR count). The fourth-order valence-electron chi connectivity index (χ4n) is 0.387. The predicted molar refractivity (Wildman–Crippen MR) is 30.0 cm³/mol. The second-order valence-electron chi connectivity index (χ2n) is 1.74. The maximum absolute atomic E-state index is 8.72. The Labute approximate surface area is 53.4 Å². The summed E-state index contributed by atoms with van der Waals surface area (Å²) in [5.74, 6) is 0. The van der Waals surface area contributed by atoms with Crippen LogP contribution in [0.5, 0.6) is 0 Å². The SMILES string of the molecule is O[CH]C[C@H](O)[C@H](O)CO. The minimum atomic E-state index is -1.16. The summed E-state index contributed by atoms with van der Waals surface area (Å²) >= 11 is 0. The average molecular weight is 135 g/mol. The lowest BCUT2D eigenvalue weighted by Gasteiger charge is -2.12. The highest BCUT2D eigenvalue weighted by Crippen LogP contribution is 1.98. The van der Waals surface area contributed by atoms with Gasteiger partial charge in [0.1, 0.15) is 6.10 Å². The Kier molecular flexibility index (Phi) is 4.61. The van der Waals surface area contributed by atoms with Gasteiger partial charge in [-0.25, -0.2) is 0 Å². The van der Waals surface area contributed by atoms with Gasteiger partial charge in [0, 0.05) is 6.42 Å². The zero-order chi connectivity index (χ0) is 7.28. The summed E-state index contributed by atoms with van der Waals surface area (Å²) in [4.78, 5) is 0. The molecule has 0 aromatic carbocycles. The van der Waals surface area contributed by atoms with Crippen molar-refractivity contribution >= 4 is 0 Å². The van der Waals surface area contributed by atoms with Gasteiger partial charge in [-0.3, -0.25) is 0 Å².